The third-order valence-electron chi connectivity index (χ3n) is 7.11. The third-order valence-corrected chi connectivity index (χ3v) is 7.11. The minimum Gasteiger partial charge on any atom is -0.494 e. The summed E-state index contributed by atoms with van der Waals surface area (Å²) in [6, 6.07) is 7.55. The number of benzene rings is 1. The lowest BCUT2D eigenvalue weighted by molar-refractivity contribution is -0.165. The number of esters is 3. The molecule has 1 aromatic carbocycles. The first-order valence-electron chi connectivity index (χ1n) is 16.9. The van der Waals surface area contributed by atoms with E-state index < -0.39 is 18.0 Å². The Morgan fingerprint density at radius 1 is 0.628 bits per heavy atom. The molecule has 0 saturated carbocycles. The van der Waals surface area contributed by atoms with Gasteiger partial charge in [-0.15, -0.1) is 0 Å². The van der Waals surface area contributed by atoms with Crippen LogP contribution in [0.5, 0.6) is 5.75 Å². The molecule has 0 aliphatic heterocycles. The van der Waals surface area contributed by atoms with E-state index in [1.54, 1.807) is 6.08 Å². The van der Waals surface area contributed by atoms with E-state index in [-0.39, 0.29) is 32.0 Å². The van der Waals surface area contributed by atoms with Crippen molar-refractivity contribution in [2.75, 3.05) is 19.8 Å². The van der Waals surface area contributed by atoms with Crippen molar-refractivity contribution in [2.45, 2.75) is 142 Å². The zero-order chi connectivity index (χ0) is 31.4. The maximum Gasteiger partial charge on any atom is 0.330 e. The molecule has 0 saturated heterocycles. The fourth-order valence-electron chi connectivity index (χ4n) is 4.58. The molecule has 1 atom stereocenters. The van der Waals surface area contributed by atoms with Gasteiger partial charge in [0.2, 0.25) is 0 Å². The monoisotopic (exact) mass is 602 g/mol. The van der Waals surface area contributed by atoms with Gasteiger partial charge in [0, 0.05) is 18.9 Å². The van der Waals surface area contributed by atoms with Crippen molar-refractivity contribution >= 4 is 24.0 Å². The highest BCUT2D eigenvalue weighted by atomic mass is 16.6. The van der Waals surface area contributed by atoms with Crippen molar-refractivity contribution in [3.8, 4) is 5.75 Å². The van der Waals surface area contributed by atoms with Crippen LogP contribution in [-0.2, 0) is 28.6 Å². The summed E-state index contributed by atoms with van der Waals surface area (Å²) in [7, 11) is 0. The molecule has 1 unspecified atom stereocenters. The molecule has 0 heterocycles. The number of carbonyl (C=O) groups is 3. The maximum absolute atomic E-state index is 12.2. The molecule has 0 N–H and O–H groups in total. The molecule has 0 amide bonds. The first kappa shape index (κ1) is 38.2. The number of ether oxygens (including phenoxy) is 4. The Morgan fingerprint density at radius 3 is 1.70 bits per heavy atom. The molecule has 43 heavy (non-hydrogen) atoms. The lowest BCUT2D eigenvalue weighted by atomic mass is 10.0. The molecule has 0 aliphatic carbocycles. The minimum absolute atomic E-state index is 0.147. The van der Waals surface area contributed by atoms with E-state index in [0.717, 1.165) is 17.7 Å². The van der Waals surface area contributed by atoms with E-state index in [9.17, 15) is 14.4 Å². The van der Waals surface area contributed by atoms with Gasteiger partial charge in [-0.05, 0) is 43.0 Å². The predicted octanol–water partition coefficient (Wildman–Crippen LogP) is 9.16. The molecule has 7 heteroatoms. The van der Waals surface area contributed by atoms with E-state index in [0.29, 0.717) is 19.4 Å². The molecule has 0 aromatic heterocycles. The SMILES string of the molecule is CCCCCCCCCCCCCCCCOc1ccc(/C=C/C(=O)OCC(COC(=O)CCC)OC(=O)CCC)cc1. The van der Waals surface area contributed by atoms with Gasteiger partial charge in [-0.25, -0.2) is 4.79 Å². The highest BCUT2D eigenvalue weighted by molar-refractivity contribution is 5.87. The fraction of sp³-hybridized carbons (Fsp3) is 0.694. The van der Waals surface area contributed by atoms with Crippen LogP contribution in [0.15, 0.2) is 30.3 Å². The summed E-state index contributed by atoms with van der Waals surface area (Å²) >= 11 is 0. The van der Waals surface area contributed by atoms with E-state index in [2.05, 4.69) is 6.92 Å². The summed E-state index contributed by atoms with van der Waals surface area (Å²) in [4.78, 5) is 35.8. The van der Waals surface area contributed by atoms with Crippen LogP contribution in [-0.4, -0.2) is 43.8 Å². The first-order chi connectivity index (χ1) is 21.0. The largest absolute Gasteiger partial charge is 0.494 e. The second kappa shape index (κ2) is 26.8. The molecular weight excluding hydrogens is 544 g/mol. The molecule has 0 fully saturated rings. The summed E-state index contributed by atoms with van der Waals surface area (Å²) in [5.41, 5.74) is 0.834. The molecule has 0 radical (unpaired) electrons. The fourth-order valence-corrected chi connectivity index (χ4v) is 4.58. The second-order valence-electron chi connectivity index (χ2n) is 11.3. The quantitative estimate of drug-likeness (QED) is 0.0429. The molecule has 0 bridgehead atoms. The van der Waals surface area contributed by atoms with E-state index in [1.165, 1.54) is 89.5 Å². The van der Waals surface area contributed by atoms with Crippen molar-refractivity contribution in [2.24, 2.45) is 0 Å². The summed E-state index contributed by atoms with van der Waals surface area (Å²) < 4.78 is 21.6. The lowest BCUT2D eigenvalue weighted by Gasteiger charge is -2.17. The second-order valence-corrected chi connectivity index (χ2v) is 11.3. The van der Waals surface area contributed by atoms with Gasteiger partial charge in [-0.1, -0.05) is 116 Å². The van der Waals surface area contributed by atoms with Crippen LogP contribution in [0.2, 0.25) is 0 Å². The van der Waals surface area contributed by atoms with E-state index in [1.807, 2.05) is 38.1 Å². The number of rotatable bonds is 27. The van der Waals surface area contributed by atoms with Gasteiger partial charge in [0.1, 0.15) is 19.0 Å². The average Bonchev–Trinajstić information content (AvgIpc) is 3.00. The van der Waals surface area contributed by atoms with Crippen LogP contribution < -0.4 is 4.74 Å². The first-order valence-corrected chi connectivity index (χ1v) is 16.9. The molecule has 7 nitrogen and oxygen atoms in total. The van der Waals surface area contributed by atoms with Crippen LogP contribution in [0.1, 0.15) is 142 Å². The number of hydrogen-bond donors (Lipinski definition) is 0. The number of unbranched alkanes of at least 4 members (excludes halogenated alkanes) is 13. The van der Waals surface area contributed by atoms with Crippen LogP contribution >= 0.6 is 0 Å². The Kier molecular flexibility index (Phi) is 23.8. The third kappa shape index (κ3) is 22.4. The molecular formula is C36H58O7. The standard InChI is InChI=1S/C36H58O7/c1-4-7-8-9-10-11-12-13-14-15-16-17-18-19-28-40-32-25-22-31(23-26-32)24-27-35(38)42-30-33(43-36(39)21-6-3)29-41-34(37)20-5-2/h22-27,33H,4-21,28-30H2,1-3H3/b27-24+. The van der Waals surface area contributed by atoms with E-state index in [4.69, 9.17) is 18.9 Å². The minimum atomic E-state index is -0.839. The van der Waals surface area contributed by atoms with Gasteiger partial charge in [0.15, 0.2) is 6.10 Å². The van der Waals surface area contributed by atoms with Gasteiger partial charge < -0.3 is 18.9 Å². The molecule has 244 valence electrons. The van der Waals surface area contributed by atoms with Crippen molar-refractivity contribution in [1.82, 2.24) is 0 Å². The van der Waals surface area contributed by atoms with Crippen molar-refractivity contribution < 1.29 is 33.3 Å². The van der Waals surface area contributed by atoms with Gasteiger partial charge >= 0.3 is 17.9 Å². The molecule has 1 rings (SSSR count). The summed E-state index contributed by atoms with van der Waals surface area (Å²) in [6.45, 7) is 6.37. The average molecular weight is 603 g/mol. The smallest absolute Gasteiger partial charge is 0.330 e. The van der Waals surface area contributed by atoms with Crippen molar-refractivity contribution in [3.63, 3.8) is 0 Å². The zero-order valence-electron chi connectivity index (χ0n) is 27.2. The van der Waals surface area contributed by atoms with Crippen molar-refractivity contribution in [1.29, 1.82) is 0 Å². The van der Waals surface area contributed by atoms with Gasteiger partial charge in [0.05, 0.1) is 6.61 Å². The molecule has 0 spiro atoms. The topological polar surface area (TPSA) is 88.1 Å². The van der Waals surface area contributed by atoms with Gasteiger partial charge in [-0.2, -0.15) is 0 Å². The Bertz CT molecular complexity index is 878. The Labute approximate surface area is 261 Å². The zero-order valence-corrected chi connectivity index (χ0v) is 27.2. The maximum atomic E-state index is 12.2. The van der Waals surface area contributed by atoms with Gasteiger partial charge in [-0.3, -0.25) is 9.59 Å². The Hall–Kier alpha value is -2.83. The highest BCUT2D eigenvalue weighted by Gasteiger charge is 2.18. The summed E-state index contributed by atoms with van der Waals surface area (Å²) in [6.07, 6.45) is 22.6. The Morgan fingerprint density at radius 2 is 1.14 bits per heavy atom. The van der Waals surface area contributed by atoms with Gasteiger partial charge in [0.25, 0.3) is 0 Å². The van der Waals surface area contributed by atoms with Crippen LogP contribution in [0.3, 0.4) is 0 Å². The highest BCUT2D eigenvalue weighted by Crippen LogP contribution is 2.16. The lowest BCUT2D eigenvalue weighted by Crippen LogP contribution is -2.30. The summed E-state index contributed by atoms with van der Waals surface area (Å²) in [5, 5.41) is 0. The Balaban J connectivity index is 2.20. The normalized spacial score (nSPS) is 11.8. The molecule has 0 aliphatic rings. The van der Waals surface area contributed by atoms with Crippen molar-refractivity contribution in [3.05, 3.63) is 35.9 Å². The van der Waals surface area contributed by atoms with Crippen LogP contribution in [0, 0.1) is 0 Å². The number of carbonyl (C=O) groups excluding carboxylic acids is 3. The van der Waals surface area contributed by atoms with Crippen LogP contribution in [0.25, 0.3) is 6.08 Å². The predicted molar refractivity (Wildman–Crippen MR) is 173 cm³/mol. The van der Waals surface area contributed by atoms with Crippen LogP contribution in [0.4, 0.5) is 0 Å². The number of hydrogen-bond acceptors (Lipinski definition) is 7. The van der Waals surface area contributed by atoms with E-state index >= 15 is 0 Å². The molecule has 1 aromatic rings. The summed E-state index contributed by atoms with van der Waals surface area (Å²) in [5.74, 6) is -0.562.